The second-order valence-corrected chi connectivity index (χ2v) is 9.21. The first-order valence-electron chi connectivity index (χ1n) is 11.6. The molecule has 6 nitrogen and oxygen atoms in total. The van der Waals surface area contributed by atoms with Crippen LogP contribution >= 0.6 is 11.3 Å². The average molecular weight is 499 g/mol. The van der Waals surface area contributed by atoms with Crippen LogP contribution in [0.1, 0.15) is 11.8 Å². The van der Waals surface area contributed by atoms with Crippen molar-refractivity contribution in [1.29, 1.82) is 0 Å². The molecule has 3 aromatic carbocycles. The van der Waals surface area contributed by atoms with E-state index in [9.17, 15) is 0 Å². The van der Waals surface area contributed by atoms with Crippen molar-refractivity contribution in [3.8, 4) is 39.8 Å². The van der Waals surface area contributed by atoms with Crippen molar-refractivity contribution in [1.82, 2.24) is 4.98 Å². The first kappa shape index (κ1) is 23.6. The van der Waals surface area contributed by atoms with Gasteiger partial charge in [-0.25, -0.2) is 9.98 Å². The number of aromatic nitrogens is 1. The van der Waals surface area contributed by atoms with E-state index in [1.807, 2.05) is 86.6 Å². The van der Waals surface area contributed by atoms with E-state index in [0.29, 0.717) is 17.5 Å². The zero-order chi connectivity index (χ0) is 25.1. The zero-order valence-corrected chi connectivity index (χ0v) is 21.4. The fourth-order valence-electron chi connectivity index (χ4n) is 4.01. The van der Waals surface area contributed by atoms with Gasteiger partial charge in [0.2, 0.25) is 5.13 Å². The number of hydrogen-bond acceptors (Lipinski definition) is 7. The van der Waals surface area contributed by atoms with Gasteiger partial charge in [0, 0.05) is 33.5 Å². The van der Waals surface area contributed by atoms with Gasteiger partial charge in [-0.3, -0.25) is 0 Å². The van der Waals surface area contributed by atoms with E-state index in [2.05, 4.69) is 0 Å². The third-order valence-corrected chi connectivity index (χ3v) is 6.63. The standard InChI is InChI=1S/C29H26N2O4S/c1-5-34-20-12-10-19(11-13-20)26-17-24(22-8-6-7-9-25(22)35-26)30-29-31-28(18(2)36-29)23-15-14-21(32-3)16-27(23)33-4/h6-17H,5H2,1-4H3. The molecule has 182 valence electrons. The molecule has 5 rings (SSSR count). The second kappa shape index (κ2) is 10.3. The van der Waals surface area contributed by atoms with Crippen molar-refractivity contribution in [2.75, 3.05) is 20.8 Å². The molecular weight excluding hydrogens is 472 g/mol. The van der Waals surface area contributed by atoms with Crippen LogP contribution in [0.15, 0.2) is 82.2 Å². The lowest BCUT2D eigenvalue weighted by atomic mass is 10.1. The van der Waals surface area contributed by atoms with Crippen LogP contribution in [0.25, 0.3) is 33.6 Å². The number of methoxy groups -OCH3 is 2. The lowest BCUT2D eigenvalue weighted by Gasteiger charge is -2.09. The van der Waals surface area contributed by atoms with Crippen LogP contribution in [0, 0.1) is 6.92 Å². The Hall–Kier alpha value is -4.10. The van der Waals surface area contributed by atoms with Crippen LogP contribution in [-0.4, -0.2) is 25.8 Å². The summed E-state index contributed by atoms with van der Waals surface area (Å²) in [5.41, 5.74) is 3.44. The molecule has 0 aliphatic heterocycles. The van der Waals surface area contributed by atoms with Crippen LogP contribution in [-0.2, 0) is 0 Å². The fourth-order valence-corrected chi connectivity index (χ4v) is 4.82. The van der Waals surface area contributed by atoms with Crippen molar-refractivity contribution in [2.24, 2.45) is 4.99 Å². The molecule has 0 atom stereocenters. The molecule has 7 heteroatoms. The highest BCUT2D eigenvalue weighted by Gasteiger charge is 2.15. The predicted molar refractivity (Wildman–Crippen MR) is 143 cm³/mol. The number of thiazole rings is 1. The molecule has 5 aromatic rings. The summed E-state index contributed by atoms with van der Waals surface area (Å²) in [6, 6.07) is 23.5. The summed E-state index contributed by atoms with van der Waals surface area (Å²) in [5.74, 6) is 2.98. The van der Waals surface area contributed by atoms with Crippen molar-refractivity contribution >= 4 is 27.4 Å². The smallest absolute Gasteiger partial charge is 0.210 e. The highest BCUT2D eigenvalue weighted by molar-refractivity contribution is 7.15. The summed E-state index contributed by atoms with van der Waals surface area (Å²) in [6.45, 7) is 4.64. The van der Waals surface area contributed by atoms with Gasteiger partial charge in [-0.1, -0.05) is 23.5 Å². The van der Waals surface area contributed by atoms with Crippen LogP contribution < -0.4 is 19.6 Å². The van der Waals surface area contributed by atoms with Crippen molar-refractivity contribution < 1.29 is 18.6 Å². The molecule has 0 fully saturated rings. The van der Waals surface area contributed by atoms with Crippen LogP contribution in [0.4, 0.5) is 5.13 Å². The summed E-state index contributed by atoms with van der Waals surface area (Å²) in [6.07, 6.45) is 0. The molecule has 2 heterocycles. The Morgan fingerprint density at radius 2 is 1.69 bits per heavy atom. The molecule has 0 amide bonds. The SMILES string of the molecule is CCOc1ccc(-c2cc(=Nc3nc(-c4ccc(OC)cc4OC)c(C)s3)c3ccccc3o2)cc1. The Morgan fingerprint density at radius 1 is 0.917 bits per heavy atom. The number of aryl methyl sites for hydroxylation is 1. The van der Waals surface area contributed by atoms with E-state index in [-0.39, 0.29) is 0 Å². The molecule has 0 radical (unpaired) electrons. The summed E-state index contributed by atoms with van der Waals surface area (Å²) in [7, 11) is 3.28. The molecule has 2 aromatic heterocycles. The zero-order valence-electron chi connectivity index (χ0n) is 20.6. The maximum atomic E-state index is 6.23. The largest absolute Gasteiger partial charge is 0.497 e. The third kappa shape index (κ3) is 4.70. The van der Waals surface area contributed by atoms with Gasteiger partial charge in [-0.2, -0.15) is 0 Å². The quantitative estimate of drug-likeness (QED) is 0.238. The number of fused-ring (bicyclic) bond motifs is 1. The summed E-state index contributed by atoms with van der Waals surface area (Å²) in [5, 5.41) is 2.38. The summed E-state index contributed by atoms with van der Waals surface area (Å²) >= 11 is 1.54. The normalized spacial score (nSPS) is 11.6. The minimum Gasteiger partial charge on any atom is -0.497 e. The van der Waals surface area contributed by atoms with Crippen molar-refractivity contribution in [2.45, 2.75) is 13.8 Å². The number of para-hydroxylation sites is 1. The lowest BCUT2D eigenvalue weighted by Crippen LogP contribution is -2.03. The molecule has 0 aliphatic carbocycles. The number of benzene rings is 3. The van der Waals surface area contributed by atoms with Gasteiger partial charge in [0.15, 0.2) is 0 Å². The van der Waals surface area contributed by atoms with E-state index in [4.69, 9.17) is 28.6 Å². The Bertz CT molecular complexity index is 1590. The second-order valence-electron chi connectivity index (χ2n) is 8.03. The molecular formula is C29H26N2O4S. The van der Waals surface area contributed by atoms with Gasteiger partial charge in [0.1, 0.15) is 28.6 Å². The topological polar surface area (TPSA) is 66.1 Å². The average Bonchev–Trinajstić information content (AvgIpc) is 3.28. The van der Waals surface area contributed by atoms with Gasteiger partial charge < -0.3 is 18.6 Å². The van der Waals surface area contributed by atoms with Crippen LogP contribution in [0.5, 0.6) is 17.2 Å². The Morgan fingerprint density at radius 3 is 2.44 bits per heavy atom. The predicted octanol–water partition coefficient (Wildman–Crippen LogP) is 7.18. The third-order valence-electron chi connectivity index (χ3n) is 5.77. The highest BCUT2D eigenvalue weighted by Crippen LogP contribution is 2.38. The number of hydrogen-bond donors (Lipinski definition) is 0. The molecule has 0 saturated heterocycles. The van der Waals surface area contributed by atoms with E-state index < -0.39 is 0 Å². The van der Waals surface area contributed by atoms with E-state index in [1.54, 1.807) is 14.2 Å². The van der Waals surface area contributed by atoms with Gasteiger partial charge in [-0.15, -0.1) is 0 Å². The number of nitrogens with zero attached hydrogens (tertiary/aromatic N) is 2. The molecule has 0 N–H and O–H groups in total. The summed E-state index contributed by atoms with van der Waals surface area (Å²) < 4.78 is 22.7. The van der Waals surface area contributed by atoms with Crippen molar-refractivity contribution in [3.63, 3.8) is 0 Å². The fraction of sp³-hybridized carbons (Fsp3) is 0.172. The highest BCUT2D eigenvalue weighted by atomic mass is 32.1. The first-order valence-corrected chi connectivity index (χ1v) is 12.4. The molecule has 36 heavy (non-hydrogen) atoms. The monoisotopic (exact) mass is 498 g/mol. The van der Waals surface area contributed by atoms with Gasteiger partial charge in [0.05, 0.1) is 31.9 Å². The van der Waals surface area contributed by atoms with Crippen LogP contribution in [0.2, 0.25) is 0 Å². The Kier molecular flexibility index (Phi) is 6.73. The minimum absolute atomic E-state index is 0.625. The Labute approximate surface area is 213 Å². The number of ether oxygens (including phenoxy) is 3. The molecule has 0 saturated carbocycles. The van der Waals surface area contributed by atoms with Crippen LogP contribution in [0.3, 0.4) is 0 Å². The van der Waals surface area contributed by atoms with E-state index in [1.165, 1.54) is 11.3 Å². The van der Waals surface area contributed by atoms with Crippen molar-refractivity contribution in [3.05, 3.63) is 83.0 Å². The maximum Gasteiger partial charge on any atom is 0.210 e. The van der Waals surface area contributed by atoms with Gasteiger partial charge >= 0.3 is 0 Å². The van der Waals surface area contributed by atoms with Gasteiger partial charge in [0.25, 0.3) is 0 Å². The molecule has 0 bridgehead atoms. The van der Waals surface area contributed by atoms with E-state index >= 15 is 0 Å². The minimum atomic E-state index is 0.625. The van der Waals surface area contributed by atoms with Gasteiger partial charge in [-0.05, 0) is 62.4 Å². The molecule has 0 unspecified atom stereocenters. The Balaban J connectivity index is 1.61. The maximum absolute atomic E-state index is 6.23. The number of rotatable bonds is 7. The van der Waals surface area contributed by atoms with E-state index in [0.717, 1.165) is 55.3 Å². The molecule has 0 spiro atoms. The molecule has 0 aliphatic rings. The first-order chi connectivity index (χ1) is 17.6. The summed E-state index contributed by atoms with van der Waals surface area (Å²) in [4.78, 5) is 10.9. The lowest BCUT2D eigenvalue weighted by molar-refractivity contribution is 0.340.